The van der Waals surface area contributed by atoms with Gasteiger partial charge in [-0.05, 0) is 42.8 Å². The van der Waals surface area contributed by atoms with Crippen molar-refractivity contribution in [3.05, 3.63) is 80.3 Å². The molecule has 2 aromatic heterocycles. The number of H-pyrrole nitrogens is 1. The molecular formula is C22H21NO3S. The molecule has 0 bridgehead atoms. The summed E-state index contributed by atoms with van der Waals surface area (Å²) in [5.74, 6) is -0.136. The summed E-state index contributed by atoms with van der Waals surface area (Å²) < 4.78 is 5.47. The van der Waals surface area contributed by atoms with E-state index in [2.05, 4.69) is 11.1 Å². The number of nitrogens with one attached hydrogen (secondary N) is 1. The molecule has 0 spiro atoms. The predicted molar refractivity (Wildman–Crippen MR) is 106 cm³/mol. The highest BCUT2D eigenvalue weighted by atomic mass is 32.1. The Morgan fingerprint density at radius 2 is 1.96 bits per heavy atom. The summed E-state index contributed by atoms with van der Waals surface area (Å²) in [6.45, 7) is 4.05. The number of aryl methyl sites for hydroxylation is 1. The molecule has 1 atom stereocenters. The zero-order valence-electron chi connectivity index (χ0n) is 15.4. The standard InChI is InChI=1S/C22H21NO3S/c1-13-5-7-15(8-6-13)12-26-22(25)21-14(2)20-17(23-21)10-16(11-18(20)24)19-4-3-9-27-19/h3-9,16,23H,10-12H2,1-2H3/t16-/m1/s1. The summed E-state index contributed by atoms with van der Waals surface area (Å²) >= 11 is 1.67. The number of esters is 1. The first-order valence-corrected chi connectivity index (χ1v) is 9.91. The molecule has 0 unspecified atom stereocenters. The van der Waals surface area contributed by atoms with E-state index in [1.54, 1.807) is 11.3 Å². The first-order valence-electron chi connectivity index (χ1n) is 9.03. The number of carbonyl (C=O) groups excluding carboxylic acids is 2. The highest BCUT2D eigenvalue weighted by Crippen LogP contribution is 2.36. The molecule has 0 radical (unpaired) electrons. The molecule has 1 aliphatic carbocycles. The minimum atomic E-state index is -0.414. The van der Waals surface area contributed by atoms with Crippen LogP contribution in [0.25, 0.3) is 0 Å². The van der Waals surface area contributed by atoms with Gasteiger partial charge in [0.25, 0.3) is 0 Å². The van der Waals surface area contributed by atoms with Gasteiger partial charge in [0.2, 0.25) is 0 Å². The van der Waals surface area contributed by atoms with Crippen LogP contribution in [0.4, 0.5) is 0 Å². The van der Waals surface area contributed by atoms with Crippen molar-refractivity contribution in [2.75, 3.05) is 0 Å². The predicted octanol–water partition coefficient (Wildman–Crippen LogP) is 4.96. The van der Waals surface area contributed by atoms with Crippen molar-refractivity contribution in [3.8, 4) is 0 Å². The molecule has 0 aliphatic heterocycles. The fourth-order valence-electron chi connectivity index (χ4n) is 3.67. The topological polar surface area (TPSA) is 59.2 Å². The first kappa shape index (κ1) is 17.7. The molecule has 1 aliphatic rings. The Labute approximate surface area is 162 Å². The van der Waals surface area contributed by atoms with Gasteiger partial charge < -0.3 is 9.72 Å². The maximum Gasteiger partial charge on any atom is 0.355 e. The number of benzene rings is 1. The molecule has 138 valence electrons. The Morgan fingerprint density at radius 3 is 2.67 bits per heavy atom. The molecule has 1 N–H and O–H groups in total. The lowest BCUT2D eigenvalue weighted by atomic mass is 9.84. The van der Waals surface area contributed by atoms with Crippen LogP contribution in [0.15, 0.2) is 41.8 Å². The van der Waals surface area contributed by atoms with Gasteiger partial charge in [-0.3, -0.25) is 4.79 Å². The maximum atomic E-state index is 12.7. The molecule has 3 aromatic rings. The quantitative estimate of drug-likeness (QED) is 0.652. The lowest BCUT2D eigenvalue weighted by molar-refractivity contribution is 0.0465. The third-order valence-electron chi connectivity index (χ3n) is 5.13. The number of fused-ring (bicyclic) bond motifs is 1. The number of carbonyl (C=O) groups is 2. The number of rotatable bonds is 4. The highest BCUT2D eigenvalue weighted by Gasteiger charge is 2.32. The van der Waals surface area contributed by atoms with Gasteiger partial charge >= 0.3 is 5.97 Å². The highest BCUT2D eigenvalue weighted by molar-refractivity contribution is 7.10. The molecule has 5 heteroatoms. The number of hydrogen-bond donors (Lipinski definition) is 1. The lowest BCUT2D eigenvalue weighted by Crippen LogP contribution is -2.17. The number of aromatic amines is 1. The average Bonchev–Trinajstić information content (AvgIpc) is 3.29. The maximum absolute atomic E-state index is 12.7. The van der Waals surface area contributed by atoms with Crippen molar-refractivity contribution < 1.29 is 14.3 Å². The van der Waals surface area contributed by atoms with Gasteiger partial charge in [-0.25, -0.2) is 4.79 Å². The van der Waals surface area contributed by atoms with E-state index < -0.39 is 5.97 Å². The molecule has 0 saturated carbocycles. The van der Waals surface area contributed by atoms with Crippen LogP contribution in [0, 0.1) is 13.8 Å². The van der Waals surface area contributed by atoms with Crippen LogP contribution < -0.4 is 0 Å². The van der Waals surface area contributed by atoms with Crippen molar-refractivity contribution >= 4 is 23.1 Å². The lowest BCUT2D eigenvalue weighted by Gasteiger charge is -2.20. The van der Waals surface area contributed by atoms with Crippen LogP contribution in [-0.4, -0.2) is 16.7 Å². The van der Waals surface area contributed by atoms with Crippen LogP contribution in [-0.2, 0) is 17.8 Å². The number of thiophene rings is 1. The molecular weight excluding hydrogens is 358 g/mol. The van der Waals surface area contributed by atoms with E-state index in [-0.39, 0.29) is 18.3 Å². The Morgan fingerprint density at radius 1 is 1.19 bits per heavy atom. The SMILES string of the molecule is Cc1ccc(COC(=O)c2[nH]c3c(c2C)C(=O)C[C@H](c2cccs2)C3)cc1. The van der Waals surface area contributed by atoms with Crippen LogP contribution in [0.3, 0.4) is 0 Å². The number of Topliss-reactive ketones (excluding diaryl/α,β-unsaturated/α-hetero) is 1. The number of ether oxygens (including phenoxy) is 1. The summed E-state index contributed by atoms with van der Waals surface area (Å²) in [4.78, 5) is 29.7. The summed E-state index contributed by atoms with van der Waals surface area (Å²) in [7, 11) is 0. The van der Waals surface area contributed by atoms with Crippen LogP contribution in [0.1, 0.15) is 60.4 Å². The van der Waals surface area contributed by atoms with Crippen LogP contribution in [0.5, 0.6) is 0 Å². The Kier molecular flexibility index (Phi) is 4.70. The van der Waals surface area contributed by atoms with Gasteiger partial charge in [-0.1, -0.05) is 35.9 Å². The van der Waals surface area contributed by atoms with Crippen molar-refractivity contribution in [1.82, 2.24) is 4.98 Å². The third kappa shape index (κ3) is 3.47. The van der Waals surface area contributed by atoms with Gasteiger partial charge in [0.1, 0.15) is 12.3 Å². The average molecular weight is 379 g/mol. The van der Waals surface area contributed by atoms with Gasteiger partial charge in [-0.15, -0.1) is 11.3 Å². The van der Waals surface area contributed by atoms with Crippen molar-refractivity contribution in [2.24, 2.45) is 0 Å². The molecule has 2 heterocycles. The largest absolute Gasteiger partial charge is 0.456 e. The minimum Gasteiger partial charge on any atom is -0.456 e. The Bertz CT molecular complexity index is 983. The summed E-state index contributed by atoms with van der Waals surface area (Å²) in [5, 5.41) is 2.03. The molecule has 1 aromatic carbocycles. The minimum absolute atomic E-state index is 0.0981. The Hall–Kier alpha value is -2.66. The molecule has 0 fully saturated rings. The Balaban J connectivity index is 1.53. The van der Waals surface area contributed by atoms with E-state index in [9.17, 15) is 9.59 Å². The van der Waals surface area contributed by atoms with Gasteiger partial charge in [0.05, 0.1) is 0 Å². The second-order valence-corrected chi connectivity index (χ2v) is 8.06. The summed E-state index contributed by atoms with van der Waals surface area (Å²) in [5.41, 5.74) is 4.73. The molecule has 0 amide bonds. The molecule has 4 nitrogen and oxygen atoms in total. The fraction of sp³-hybridized carbons (Fsp3) is 0.273. The van der Waals surface area contributed by atoms with E-state index in [1.165, 1.54) is 4.88 Å². The normalized spacial score (nSPS) is 16.2. The molecule has 4 rings (SSSR count). The molecule has 0 saturated heterocycles. The second kappa shape index (κ2) is 7.16. The first-order chi connectivity index (χ1) is 13.0. The van der Waals surface area contributed by atoms with E-state index >= 15 is 0 Å². The van der Waals surface area contributed by atoms with Crippen LogP contribution in [0.2, 0.25) is 0 Å². The van der Waals surface area contributed by atoms with E-state index in [0.29, 0.717) is 23.2 Å². The molecule has 27 heavy (non-hydrogen) atoms. The summed E-state index contributed by atoms with van der Waals surface area (Å²) in [6.07, 6.45) is 1.23. The monoisotopic (exact) mass is 379 g/mol. The fourth-order valence-corrected chi connectivity index (χ4v) is 4.50. The van der Waals surface area contributed by atoms with E-state index in [4.69, 9.17) is 4.74 Å². The number of ketones is 1. The van der Waals surface area contributed by atoms with Gasteiger partial charge in [0.15, 0.2) is 5.78 Å². The van der Waals surface area contributed by atoms with E-state index in [1.807, 2.05) is 49.6 Å². The number of aromatic nitrogens is 1. The van der Waals surface area contributed by atoms with Gasteiger partial charge in [0, 0.05) is 28.5 Å². The zero-order valence-corrected chi connectivity index (χ0v) is 16.2. The smallest absolute Gasteiger partial charge is 0.355 e. The third-order valence-corrected chi connectivity index (χ3v) is 6.16. The second-order valence-electron chi connectivity index (χ2n) is 7.08. The van der Waals surface area contributed by atoms with Crippen LogP contribution >= 0.6 is 11.3 Å². The number of hydrogen-bond acceptors (Lipinski definition) is 4. The zero-order chi connectivity index (χ0) is 19.0. The summed E-state index contributed by atoms with van der Waals surface area (Å²) in [6, 6.07) is 12.0. The van der Waals surface area contributed by atoms with E-state index in [0.717, 1.165) is 23.2 Å². The van der Waals surface area contributed by atoms with Gasteiger partial charge in [-0.2, -0.15) is 0 Å². The van der Waals surface area contributed by atoms with Crippen molar-refractivity contribution in [2.45, 2.75) is 39.2 Å². The van der Waals surface area contributed by atoms with Crippen molar-refractivity contribution in [1.29, 1.82) is 0 Å². The van der Waals surface area contributed by atoms with Crippen molar-refractivity contribution in [3.63, 3.8) is 0 Å².